The van der Waals surface area contributed by atoms with Gasteiger partial charge in [0.25, 0.3) is 0 Å². The Kier molecular flexibility index (Phi) is 4.99. The van der Waals surface area contributed by atoms with Gasteiger partial charge in [0.2, 0.25) is 0 Å². The molecule has 13 heavy (non-hydrogen) atoms. The van der Waals surface area contributed by atoms with Gasteiger partial charge in [0.1, 0.15) is 12.1 Å². The maximum absolute atomic E-state index is 11.4. The van der Waals surface area contributed by atoms with E-state index in [1.165, 1.54) is 0 Å². The molecule has 78 valence electrons. The molecule has 0 aliphatic heterocycles. The number of nitrogens with two attached hydrogens (primary N) is 1. The van der Waals surface area contributed by atoms with Gasteiger partial charge in [-0.2, -0.15) is 0 Å². The van der Waals surface area contributed by atoms with Crippen molar-refractivity contribution in [3.05, 3.63) is 0 Å². The third-order valence-electron chi connectivity index (χ3n) is 2.23. The molecule has 0 unspecified atom stereocenters. The summed E-state index contributed by atoms with van der Waals surface area (Å²) in [6.07, 6.45) is -0.0581. The van der Waals surface area contributed by atoms with Gasteiger partial charge in [0.15, 0.2) is 0 Å². The van der Waals surface area contributed by atoms with Gasteiger partial charge in [-0.25, -0.2) is 0 Å². The third-order valence-corrected chi connectivity index (χ3v) is 2.23. The highest BCUT2D eigenvalue weighted by molar-refractivity contribution is 5.75. The summed E-state index contributed by atoms with van der Waals surface area (Å²) < 4.78 is 5.17. The Morgan fingerprint density at radius 2 is 1.54 bits per heavy atom. The van der Waals surface area contributed by atoms with Crippen molar-refractivity contribution in [2.45, 2.75) is 46.8 Å². The molecule has 0 aliphatic carbocycles. The predicted molar refractivity (Wildman–Crippen MR) is 53.2 cm³/mol. The minimum Gasteiger partial charge on any atom is -0.461 e. The summed E-state index contributed by atoms with van der Waals surface area (Å²) in [5.41, 5.74) is 5.63. The lowest BCUT2D eigenvalue weighted by atomic mass is 10.1. The van der Waals surface area contributed by atoms with Gasteiger partial charge in [-0.05, 0) is 18.8 Å². The van der Waals surface area contributed by atoms with E-state index < -0.39 is 6.04 Å². The van der Waals surface area contributed by atoms with Crippen molar-refractivity contribution in [1.82, 2.24) is 0 Å². The second-order valence-corrected chi connectivity index (χ2v) is 4.16. The van der Waals surface area contributed by atoms with Crippen LogP contribution in [0.4, 0.5) is 0 Å². The standard InChI is InChI=1S/C10H21NO2/c1-6(2)8(5)13-10(12)9(11)7(3)4/h6-9H,11H2,1-5H3/t8-,9-/m1/s1. The van der Waals surface area contributed by atoms with Crippen LogP contribution in [0.3, 0.4) is 0 Å². The molecule has 0 fully saturated rings. The predicted octanol–water partition coefficient (Wildman–Crippen LogP) is 1.56. The fourth-order valence-electron chi connectivity index (χ4n) is 0.670. The Bertz CT molecular complexity index is 166. The monoisotopic (exact) mass is 187 g/mol. The van der Waals surface area contributed by atoms with E-state index >= 15 is 0 Å². The molecule has 2 N–H and O–H groups in total. The number of ether oxygens (including phenoxy) is 1. The van der Waals surface area contributed by atoms with Gasteiger partial charge in [0.05, 0.1) is 0 Å². The van der Waals surface area contributed by atoms with Crippen LogP contribution in [0, 0.1) is 11.8 Å². The van der Waals surface area contributed by atoms with Crippen LogP contribution in [-0.4, -0.2) is 18.1 Å². The van der Waals surface area contributed by atoms with Crippen LogP contribution < -0.4 is 5.73 Å². The summed E-state index contributed by atoms with van der Waals surface area (Å²) in [6, 6.07) is -0.499. The van der Waals surface area contributed by atoms with Crippen molar-refractivity contribution in [2.75, 3.05) is 0 Å². The molecule has 0 aliphatic rings. The zero-order chi connectivity index (χ0) is 10.6. The molecule has 0 aromatic heterocycles. The zero-order valence-corrected chi connectivity index (χ0v) is 9.20. The molecule has 0 aromatic rings. The van der Waals surface area contributed by atoms with E-state index in [0.29, 0.717) is 5.92 Å². The molecule has 0 saturated heterocycles. The summed E-state index contributed by atoms with van der Waals surface area (Å²) in [6.45, 7) is 9.73. The van der Waals surface area contributed by atoms with Gasteiger partial charge in [-0.3, -0.25) is 4.79 Å². The lowest BCUT2D eigenvalue weighted by Crippen LogP contribution is -2.39. The minimum absolute atomic E-state index is 0.0581. The molecule has 0 spiro atoms. The average molecular weight is 187 g/mol. The Hall–Kier alpha value is -0.570. The van der Waals surface area contributed by atoms with E-state index in [0.717, 1.165) is 0 Å². The van der Waals surface area contributed by atoms with Crippen LogP contribution in [0.25, 0.3) is 0 Å². The first kappa shape index (κ1) is 12.4. The van der Waals surface area contributed by atoms with E-state index in [4.69, 9.17) is 10.5 Å². The number of hydrogen-bond donors (Lipinski definition) is 1. The Labute approximate surface area is 80.6 Å². The second kappa shape index (κ2) is 5.22. The van der Waals surface area contributed by atoms with Crippen molar-refractivity contribution in [3.8, 4) is 0 Å². The highest BCUT2D eigenvalue weighted by atomic mass is 16.5. The second-order valence-electron chi connectivity index (χ2n) is 4.16. The number of carbonyl (C=O) groups excluding carboxylic acids is 1. The molecule has 0 radical (unpaired) electrons. The van der Waals surface area contributed by atoms with Crippen molar-refractivity contribution in [3.63, 3.8) is 0 Å². The number of rotatable bonds is 4. The highest BCUT2D eigenvalue weighted by Crippen LogP contribution is 2.08. The minimum atomic E-state index is -0.499. The lowest BCUT2D eigenvalue weighted by molar-refractivity contribution is -0.152. The molecular formula is C10H21NO2. The first-order valence-corrected chi connectivity index (χ1v) is 4.82. The van der Waals surface area contributed by atoms with Crippen LogP contribution in [0.2, 0.25) is 0 Å². The summed E-state index contributed by atoms with van der Waals surface area (Å²) in [5, 5.41) is 0. The maximum Gasteiger partial charge on any atom is 0.323 e. The first-order valence-electron chi connectivity index (χ1n) is 4.82. The van der Waals surface area contributed by atoms with E-state index in [-0.39, 0.29) is 18.0 Å². The third kappa shape index (κ3) is 4.27. The van der Waals surface area contributed by atoms with E-state index in [1.807, 2.05) is 34.6 Å². The van der Waals surface area contributed by atoms with Crippen LogP contribution in [0.5, 0.6) is 0 Å². The average Bonchev–Trinajstić information content (AvgIpc) is 2.02. The molecule has 0 amide bonds. The van der Waals surface area contributed by atoms with Crippen LogP contribution in [-0.2, 0) is 9.53 Å². The molecule has 0 heterocycles. The molecule has 3 heteroatoms. The smallest absolute Gasteiger partial charge is 0.323 e. The fourth-order valence-corrected chi connectivity index (χ4v) is 0.670. The Balaban J connectivity index is 4.00. The van der Waals surface area contributed by atoms with Gasteiger partial charge in [-0.1, -0.05) is 27.7 Å². The van der Waals surface area contributed by atoms with E-state index in [1.54, 1.807) is 0 Å². The van der Waals surface area contributed by atoms with Crippen LogP contribution >= 0.6 is 0 Å². The summed E-state index contributed by atoms with van der Waals surface area (Å²) in [4.78, 5) is 11.4. The number of esters is 1. The first-order chi connectivity index (χ1) is 5.86. The van der Waals surface area contributed by atoms with E-state index in [9.17, 15) is 4.79 Å². The normalized spacial score (nSPS) is 16.0. The molecule has 2 atom stereocenters. The van der Waals surface area contributed by atoms with Crippen LogP contribution in [0.15, 0.2) is 0 Å². The van der Waals surface area contributed by atoms with Crippen molar-refractivity contribution >= 4 is 5.97 Å². The lowest BCUT2D eigenvalue weighted by Gasteiger charge is -2.20. The maximum atomic E-state index is 11.4. The Morgan fingerprint density at radius 3 is 1.85 bits per heavy atom. The summed E-state index contributed by atoms with van der Waals surface area (Å²) in [5.74, 6) is 0.173. The molecule has 0 bridgehead atoms. The SMILES string of the molecule is CC(C)[C@@H](C)OC(=O)[C@H](N)C(C)C. The molecule has 0 saturated carbocycles. The van der Waals surface area contributed by atoms with Crippen LogP contribution in [0.1, 0.15) is 34.6 Å². The highest BCUT2D eigenvalue weighted by Gasteiger charge is 2.21. The summed E-state index contributed by atoms with van der Waals surface area (Å²) in [7, 11) is 0. The zero-order valence-electron chi connectivity index (χ0n) is 9.20. The summed E-state index contributed by atoms with van der Waals surface area (Å²) >= 11 is 0. The molecular weight excluding hydrogens is 166 g/mol. The van der Waals surface area contributed by atoms with Crippen molar-refractivity contribution in [2.24, 2.45) is 17.6 Å². The van der Waals surface area contributed by atoms with Gasteiger partial charge < -0.3 is 10.5 Å². The molecule has 3 nitrogen and oxygen atoms in total. The van der Waals surface area contributed by atoms with Crippen molar-refractivity contribution in [1.29, 1.82) is 0 Å². The Morgan fingerprint density at radius 1 is 1.08 bits per heavy atom. The topological polar surface area (TPSA) is 52.3 Å². The number of hydrogen-bond acceptors (Lipinski definition) is 3. The van der Waals surface area contributed by atoms with Gasteiger partial charge in [0, 0.05) is 0 Å². The van der Waals surface area contributed by atoms with Gasteiger partial charge in [-0.15, -0.1) is 0 Å². The molecule has 0 rings (SSSR count). The quantitative estimate of drug-likeness (QED) is 0.679. The van der Waals surface area contributed by atoms with Crippen molar-refractivity contribution < 1.29 is 9.53 Å². The largest absolute Gasteiger partial charge is 0.461 e. The van der Waals surface area contributed by atoms with Gasteiger partial charge >= 0.3 is 5.97 Å². The number of carbonyl (C=O) groups is 1. The fraction of sp³-hybridized carbons (Fsp3) is 0.900. The molecule has 0 aromatic carbocycles. The van der Waals surface area contributed by atoms with E-state index in [2.05, 4.69) is 0 Å².